The summed E-state index contributed by atoms with van der Waals surface area (Å²) in [4.78, 5) is 9.13. The van der Waals surface area contributed by atoms with E-state index in [4.69, 9.17) is 5.73 Å². The first-order chi connectivity index (χ1) is 9.65. The first-order valence-corrected chi connectivity index (χ1v) is 6.77. The Hall–Kier alpha value is -2.42. The third-order valence-corrected chi connectivity index (χ3v) is 3.39. The van der Waals surface area contributed by atoms with E-state index in [1.165, 1.54) is 0 Å². The number of anilines is 1. The smallest absolute Gasteiger partial charge is 0.0725 e. The molecule has 3 rings (SSSR count). The quantitative estimate of drug-likeness (QED) is 0.760. The number of aromatic nitrogens is 2. The molecule has 0 aliphatic carbocycles. The maximum absolute atomic E-state index is 6.08. The van der Waals surface area contributed by atoms with Crippen LogP contribution >= 0.6 is 0 Å². The summed E-state index contributed by atoms with van der Waals surface area (Å²) in [7, 11) is 0. The number of hydrogen-bond donors (Lipinski definition) is 1. The lowest BCUT2D eigenvalue weighted by atomic mass is 10.1. The van der Waals surface area contributed by atoms with Crippen LogP contribution in [0.2, 0.25) is 0 Å². The Morgan fingerprint density at radius 1 is 1.05 bits per heavy atom. The van der Waals surface area contributed by atoms with Crippen LogP contribution in [0, 0.1) is 0 Å². The monoisotopic (exact) mass is 263 g/mol. The van der Waals surface area contributed by atoms with Crippen LogP contribution in [-0.2, 0) is 0 Å². The fourth-order valence-electron chi connectivity index (χ4n) is 2.34. The van der Waals surface area contributed by atoms with Crippen LogP contribution in [-0.4, -0.2) is 9.97 Å². The van der Waals surface area contributed by atoms with E-state index >= 15 is 0 Å². The molecule has 3 nitrogen and oxygen atoms in total. The largest absolute Gasteiger partial charge is 0.397 e. The molecule has 100 valence electrons. The molecule has 2 N–H and O–H groups in total. The van der Waals surface area contributed by atoms with Crippen molar-refractivity contribution in [1.29, 1.82) is 0 Å². The molecular formula is C17H17N3. The highest BCUT2D eigenvalue weighted by molar-refractivity contribution is 5.81. The van der Waals surface area contributed by atoms with Gasteiger partial charge in [-0.25, -0.2) is 4.98 Å². The number of nitrogens with zero attached hydrogens (tertiary/aromatic N) is 2. The van der Waals surface area contributed by atoms with Crippen molar-refractivity contribution in [3.63, 3.8) is 0 Å². The van der Waals surface area contributed by atoms with Crippen LogP contribution in [0.25, 0.3) is 22.2 Å². The maximum atomic E-state index is 6.08. The lowest BCUT2D eigenvalue weighted by Gasteiger charge is -2.10. The molecule has 20 heavy (non-hydrogen) atoms. The maximum Gasteiger partial charge on any atom is 0.0725 e. The third-order valence-electron chi connectivity index (χ3n) is 3.39. The fourth-order valence-corrected chi connectivity index (χ4v) is 2.34. The van der Waals surface area contributed by atoms with Gasteiger partial charge in [-0.15, -0.1) is 0 Å². The van der Waals surface area contributed by atoms with Crippen LogP contribution in [0.15, 0.2) is 48.7 Å². The summed E-state index contributed by atoms with van der Waals surface area (Å²) in [5.41, 5.74) is 10.6. The van der Waals surface area contributed by atoms with Gasteiger partial charge in [-0.1, -0.05) is 38.1 Å². The summed E-state index contributed by atoms with van der Waals surface area (Å²) in [5.74, 6) is 0.327. The van der Waals surface area contributed by atoms with E-state index in [-0.39, 0.29) is 0 Å². The summed E-state index contributed by atoms with van der Waals surface area (Å²) in [6.45, 7) is 4.18. The van der Waals surface area contributed by atoms with Gasteiger partial charge in [0.1, 0.15) is 0 Å². The summed E-state index contributed by atoms with van der Waals surface area (Å²) in [6, 6.07) is 14.1. The normalized spacial score (nSPS) is 11.2. The highest BCUT2D eigenvalue weighted by atomic mass is 14.8. The second-order valence-electron chi connectivity index (χ2n) is 5.24. The zero-order chi connectivity index (χ0) is 14.1. The van der Waals surface area contributed by atoms with Gasteiger partial charge in [0.25, 0.3) is 0 Å². The van der Waals surface area contributed by atoms with Crippen molar-refractivity contribution >= 4 is 16.6 Å². The second-order valence-corrected chi connectivity index (χ2v) is 5.24. The van der Waals surface area contributed by atoms with Crippen molar-refractivity contribution in [1.82, 2.24) is 9.97 Å². The highest BCUT2D eigenvalue weighted by Crippen LogP contribution is 2.26. The van der Waals surface area contributed by atoms with Gasteiger partial charge in [0.15, 0.2) is 0 Å². The number of para-hydroxylation sites is 1. The molecule has 0 saturated heterocycles. The van der Waals surface area contributed by atoms with Crippen molar-refractivity contribution in [2.45, 2.75) is 19.8 Å². The molecular weight excluding hydrogens is 246 g/mol. The van der Waals surface area contributed by atoms with Crippen molar-refractivity contribution in [2.75, 3.05) is 5.73 Å². The first-order valence-electron chi connectivity index (χ1n) is 6.77. The molecule has 0 aliphatic heterocycles. The van der Waals surface area contributed by atoms with E-state index < -0.39 is 0 Å². The zero-order valence-corrected chi connectivity index (χ0v) is 11.7. The van der Waals surface area contributed by atoms with Crippen molar-refractivity contribution < 1.29 is 0 Å². The van der Waals surface area contributed by atoms with E-state index in [2.05, 4.69) is 35.9 Å². The summed E-state index contributed by atoms with van der Waals surface area (Å²) in [5, 5.41) is 1.14. The van der Waals surface area contributed by atoms with E-state index in [1.807, 2.05) is 36.5 Å². The number of pyridine rings is 2. The number of rotatable bonds is 2. The second kappa shape index (κ2) is 4.93. The van der Waals surface area contributed by atoms with Crippen LogP contribution in [0.1, 0.15) is 25.5 Å². The highest BCUT2D eigenvalue weighted by Gasteiger charge is 2.08. The first kappa shape index (κ1) is 12.6. The van der Waals surface area contributed by atoms with E-state index in [9.17, 15) is 0 Å². The van der Waals surface area contributed by atoms with Crippen LogP contribution in [0.5, 0.6) is 0 Å². The van der Waals surface area contributed by atoms with Crippen molar-refractivity contribution in [2.24, 2.45) is 0 Å². The van der Waals surface area contributed by atoms with Crippen molar-refractivity contribution in [3.05, 3.63) is 54.4 Å². The Kier molecular flexibility index (Phi) is 3.11. The van der Waals surface area contributed by atoms with Gasteiger partial charge in [0.05, 0.1) is 22.6 Å². The van der Waals surface area contributed by atoms with Gasteiger partial charge in [0.2, 0.25) is 0 Å². The molecule has 3 heteroatoms. The Labute approximate surface area is 118 Å². The average Bonchev–Trinajstić information content (AvgIpc) is 2.46. The van der Waals surface area contributed by atoms with Gasteiger partial charge in [-0.3, -0.25) is 4.98 Å². The van der Waals surface area contributed by atoms with E-state index in [0.29, 0.717) is 5.92 Å². The number of nitrogens with two attached hydrogens (primary N) is 1. The predicted octanol–water partition coefficient (Wildman–Crippen LogP) is 4.00. The minimum absolute atomic E-state index is 0.327. The van der Waals surface area contributed by atoms with E-state index in [0.717, 1.165) is 33.5 Å². The molecule has 0 amide bonds. The number of hydrogen-bond acceptors (Lipinski definition) is 3. The number of nitrogen functional groups attached to an aromatic ring is 1. The van der Waals surface area contributed by atoms with Gasteiger partial charge in [-0.05, 0) is 24.1 Å². The van der Waals surface area contributed by atoms with Crippen LogP contribution in [0.3, 0.4) is 0 Å². The summed E-state index contributed by atoms with van der Waals surface area (Å²) >= 11 is 0. The van der Waals surface area contributed by atoms with Crippen molar-refractivity contribution in [3.8, 4) is 11.3 Å². The molecule has 3 aromatic rings. The molecule has 0 spiro atoms. The molecule has 0 saturated carbocycles. The molecule has 2 aromatic heterocycles. The Balaban J connectivity index is 2.08. The molecule has 0 aliphatic rings. The van der Waals surface area contributed by atoms with Crippen LogP contribution in [0.4, 0.5) is 5.69 Å². The van der Waals surface area contributed by atoms with Gasteiger partial charge in [-0.2, -0.15) is 0 Å². The summed E-state index contributed by atoms with van der Waals surface area (Å²) < 4.78 is 0. The molecule has 0 fully saturated rings. The fraction of sp³-hybridized carbons (Fsp3) is 0.176. The van der Waals surface area contributed by atoms with Gasteiger partial charge >= 0.3 is 0 Å². The number of fused-ring (bicyclic) bond motifs is 1. The summed E-state index contributed by atoms with van der Waals surface area (Å²) in [6.07, 6.45) is 1.85. The minimum Gasteiger partial charge on any atom is -0.397 e. The molecule has 2 heterocycles. The Morgan fingerprint density at radius 3 is 2.60 bits per heavy atom. The van der Waals surface area contributed by atoms with Gasteiger partial charge < -0.3 is 5.73 Å². The predicted molar refractivity (Wildman–Crippen MR) is 83.5 cm³/mol. The molecule has 0 radical (unpaired) electrons. The lowest BCUT2D eigenvalue weighted by Crippen LogP contribution is -2.00. The van der Waals surface area contributed by atoms with Crippen LogP contribution < -0.4 is 5.73 Å². The zero-order valence-electron chi connectivity index (χ0n) is 11.7. The van der Waals surface area contributed by atoms with E-state index in [1.54, 1.807) is 0 Å². The Bertz CT molecular complexity index is 763. The SMILES string of the molecule is CC(C)c1ncc(-c2ccc3ccccc3n2)cc1N. The average molecular weight is 263 g/mol. The Morgan fingerprint density at radius 2 is 1.85 bits per heavy atom. The molecule has 0 bridgehead atoms. The topological polar surface area (TPSA) is 51.8 Å². The van der Waals surface area contributed by atoms with Gasteiger partial charge in [0, 0.05) is 17.1 Å². The molecule has 0 unspecified atom stereocenters. The number of benzene rings is 1. The molecule has 0 atom stereocenters. The lowest BCUT2D eigenvalue weighted by molar-refractivity contribution is 0.827. The minimum atomic E-state index is 0.327. The standard InChI is InChI=1S/C17H17N3/c1-11(2)17-14(18)9-13(10-19-17)16-8-7-12-5-3-4-6-15(12)20-16/h3-11H,18H2,1-2H3. The third kappa shape index (κ3) is 2.23. The molecule has 1 aromatic carbocycles.